The third-order valence-corrected chi connectivity index (χ3v) is 3.46. The summed E-state index contributed by atoms with van der Waals surface area (Å²) in [6.45, 7) is 5.47. The fourth-order valence-corrected chi connectivity index (χ4v) is 2.15. The molecule has 2 aromatic rings. The largest absolute Gasteiger partial charge is 0.338 e. The van der Waals surface area contributed by atoms with Crippen LogP contribution < -0.4 is 5.32 Å². The summed E-state index contributed by atoms with van der Waals surface area (Å²) in [5.74, 6) is 1.10. The lowest BCUT2D eigenvalue weighted by atomic mass is 10.0. The van der Waals surface area contributed by atoms with E-state index in [0.717, 1.165) is 18.8 Å². The molecule has 3 nitrogen and oxygen atoms in total. The maximum absolute atomic E-state index is 4.36. The summed E-state index contributed by atoms with van der Waals surface area (Å²) in [4.78, 5) is 4.36. The molecule has 0 spiro atoms. The lowest BCUT2D eigenvalue weighted by molar-refractivity contribution is 0.570. The maximum Gasteiger partial charge on any atom is 0.112 e. The molecule has 1 atom stereocenters. The van der Waals surface area contributed by atoms with Gasteiger partial charge in [0.25, 0.3) is 0 Å². The Bertz CT molecular complexity index is 499. The van der Waals surface area contributed by atoms with E-state index < -0.39 is 0 Å². The summed E-state index contributed by atoms with van der Waals surface area (Å²) < 4.78 is 2.07. The third kappa shape index (κ3) is 3.67. The van der Waals surface area contributed by atoms with E-state index in [1.165, 1.54) is 17.5 Å². The van der Waals surface area contributed by atoms with Crippen LogP contribution in [-0.2, 0) is 13.5 Å². The predicted molar refractivity (Wildman–Crippen MR) is 79.2 cm³/mol. The first-order valence-electron chi connectivity index (χ1n) is 6.99. The van der Waals surface area contributed by atoms with Gasteiger partial charge in [0.1, 0.15) is 5.82 Å². The molecule has 0 saturated carbocycles. The van der Waals surface area contributed by atoms with Crippen LogP contribution in [0, 0.1) is 0 Å². The van der Waals surface area contributed by atoms with E-state index in [2.05, 4.69) is 53.0 Å². The Balaban J connectivity index is 2.00. The van der Waals surface area contributed by atoms with Crippen LogP contribution in [0.1, 0.15) is 43.3 Å². The molecule has 0 radical (unpaired) electrons. The van der Waals surface area contributed by atoms with Crippen LogP contribution in [0.15, 0.2) is 36.7 Å². The van der Waals surface area contributed by atoms with Gasteiger partial charge in [0.2, 0.25) is 0 Å². The summed E-state index contributed by atoms with van der Waals surface area (Å²) in [6, 6.07) is 9.25. The van der Waals surface area contributed by atoms with Gasteiger partial charge in [-0.25, -0.2) is 4.98 Å². The van der Waals surface area contributed by atoms with Gasteiger partial charge in [-0.3, -0.25) is 0 Å². The van der Waals surface area contributed by atoms with Crippen LogP contribution in [0.3, 0.4) is 0 Å². The van der Waals surface area contributed by atoms with E-state index in [1.54, 1.807) is 0 Å². The Labute approximate surface area is 115 Å². The average Bonchev–Trinajstić information content (AvgIpc) is 2.82. The zero-order valence-electron chi connectivity index (χ0n) is 12.1. The normalized spacial score (nSPS) is 12.6. The minimum atomic E-state index is 0.419. The van der Waals surface area contributed by atoms with Crippen molar-refractivity contribution in [2.75, 3.05) is 6.54 Å². The molecule has 0 saturated heterocycles. The molecule has 0 aliphatic rings. The lowest BCUT2D eigenvalue weighted by Crippen LogP contribution is -2.19. The van der Waals surface area contributed by atoms with Crippen molar-refractivity contribution in [3.8, 4) is 0 Å². The molecule has 19 heavy (non-hydrogen) atoms. The van der Waals surface area contributed by atoms with Crippen molar-refractivity contribution < 1.29 is 0 Å². The summed E-state index contributed by atoms with van der Waals surface area (Å²) in [6.07, 6.45) is 5.89. The van der Waals surface area contributed by atoms with Gasteiger partial charge in [-0.15, -0.1) is 0 Å². The highest BCUT2D eigenvalue weighted by Gasteiger charge is 2.05. The van der Waals surface area contributed by atoms with Crippen LogP contribution >= 0.6 is 0 Å². The second-order valence-corrected chi connectivity index (χ2v) is 5.05. The second-order valence-electron chi connectivity index (χ2n) is 5.05. The molecule has 1 heterocycles. The SMILES string of the molecule is CCCNC(C)c1ccc(Cc2nccn2C)cc1. The van der Waals surface area contributed by atoms with E-state index in [4.69, 9.17) is 0 Å². The Morgan fingerprint density at radius 1 is 1.26 bits per heavy atom. The second kappa shape index (κ2) is 6.53. The van der Waals surface area contributed by atoms with Crippen molar-refractivity contribution in [1.29, 1.82) is 0 Å². The Kier molecular flexibility index (Phi) is 4.74. The molecule has 0 aliphatic carbocycles. The maximum atomic E-state index is 4.36. The molecule has 0 fully saturated rings. The standard InChI is InChI=1S/C16H23N3/c1-4-9-17-13(2)15-7-5-14(6-8-15)12-16-18-10-11-19(16)3/h5-8,10-11,13,17H,4,9,12H2,1-3H3. The van der Waals surface area contributed by atoms with Gasteiger partial charge >= 0.3 is 0 Å². The number of rotatable bonds is 6. The van der Waals surface area contributed by atoms with Crippen molar-refractivity contribution in [1.82, 2.24) is 14.9 Å². The van der Waals surface area contributed by atoms with Crippen molar-refractivity contribution in [3.63, 3.8) is 0 Å². The summed E-state index contributed by atoms with van der Waals surface area (Å²) >= 11 is 0. The number of aromatic nitrogens is 2. The van der Waals surface area contributed by atoms with E-state index in [-0.39, 0.29) is 0 Å². The molecule has 2 rings (SSSR count). The van der Waals surface area contributed by atoms with Gasteiger partial charge in [-0.2, -0.15) is 0 Å². The minimum absolute atomic E-state index is 0.419. The van der Waals surface area contributed by atoms with Crippen molar-refractivity contribution >= 4 is 0 Å². The molecule has 1 unspecified atom stereocenters. The summed E-state index contributed by atoms with van der Waals surface area (Å²) in [5, 5.41) is 3.51. The molecule has 1 aromatic carbocycles. The molecule has 0 bridgehead atoms. The van der Waals surface area contributed by atoms with Gasteiger partial charge in [0, 0.05) is 31.9 Å². The first-order valence-corrected chi connectivity index (χ1v) is 6.99. The highest BCUT2D eigenvalue weighted by molar-refractivity contribution is 5.26. The number of nitrogens with one attached hydrogen (secondary N) is 1. The summed E-state index contributed by atoms with van der Waals surface area (Å²) in [5.41, 5.74) is 2.65. The number of nitrogens with zero attached hydrogens (tertiary/aromatic N) is 2. The third-order valence-electron chi connectivity index (χ3n) is 3.46. The first kappa shape index (κ1) is 13.8. The van der Waals surface area contributed by atoms with E-state index in [0.29, 0.717) is 6.04 Å². The number of benzene rings is 1. The smallest absolute Gasteiger partial charge is 0.112 e. The minimum Gasteiger partial charge on any atom is -0.338 e. The zero-order valence-corrected chi connectivity index (χ0v) is 12.1. The van der Waals surface area contributed by atoms with Crippen LogP contribution in [0.25, 0.3) is 0 Å². The molecule has 102 valence electrons. The fraction of sp³-hybridized carbons (Fsp3) is 0.438. The van der Waals surface area contributed by atoms with Gasteiger partial charge in [-0.1, -0.05) is 31.2 Å². The quantitative estimate of drug-likeness (QED) is 0.862. The Morgan fingerprint density at radius 2 is 2.00 bits per heavy atom. The van der Waals surface area contributed by atoms with Crippen molar-refractivity contribution in [2.45, 2.75) is 32.7 Å². The molecular formula is C16H23N3. The van der Waals surface area contributed by atoms with E-state index in [1.807, 2.05) is 19.4 Å². The fourth-order valence-electron chi connectivity index (χ4n) is 2.15. The van der Waals surface area contributed by atoms with E-state index in [9.17, 15) is 0 Å². The lowest BCUT2D eigenvalue weighted by Gasteiger charge is -2.14. The van der Waals surface area contributed by atoms with Gasteiger partial charge < -0.3 is 9.88 Å². The van der Waals surface area contributed by atoms with Crippen molar-refractivity contribution in [2.24, 2.45) is 7.05 Å². The molecule has 1 aromatic heterocycles. The van der Waals surface area contributed by atoms with Crippen LogP contribution in [0.2, 0.25) is 0 Å². The topological polar surface area (TPSA) is 29.9 Å². The van der Waals surface area contributed by atoms with Crippen molar-refractivity contribution in [3.05, 3.63) is 53.6 Å². The van der Waals surface area contributed by atoms with Crippen LogP contribution in [0.5, 0.6) is 0 Å². The monoisotopic (exact) mass is 257 g/mol. The molecular weight excluding hydrogens is 234 g/mol. The number of aryl methyl sites for hydroxylation is 1. The number of hydrogen-bond donors (Lipinski definition) is 1. The number of hydrogen-bond acceptors (Lipinski definition) is 2. The van der Waals surface area contributed by atoms with Gasteiger partial charge in [0.15, 0.2) is 0 Å². The van der Waals surface area contributed by atoms with Crippen LogP contribution in [-0.4, -0.2) is 16.1 Å². The highest BCUT2D eigenvalue weighted by atomic mass is 15.0. The van der Waals surface area contributed by atoms with Gasteiger partial charge in [-0.05, 0) is 31.0 Å². The average molecular weight is 257 g/mol. The molecule has 0 amide bonds. The zero-order chi connectivity index (χ0) is 13.7. The Morgan fingerprint density at radius 3 is 2.58 bits per heavy atom. The molecule has 1 N–H and O–H groups in total. The number of imidazole rings is 1. The molecule has 3 heteroatoms. The first-order chi connectivity index (χ1) is 9.20. The summed E-state index contributed by atoms with van der Waals surface area (Å²) in [7, 11) is 2.04. The van der Waals surface area contributed by atoms with Crippen LogP contribution in [0.4, 0.5) is 0 Å². The highest BCUT2D eigenvalue weighted by Crippen LogP contribution is 2.15. The Hall–Kier alpha value is -1.61. The van der Waals surface area contributed by atoms with E-state index >= 15 is 0 Å². The van der Waals surface area contributed by atoms with Gasteiger partial charge in [0.05, 0.1) is 0 Å². The predicted octanol–water partition coefficient (Wildman–Crippen LogP) is 3.07. The molecule has 0 aliphatic heterocycles.